The van der Waals surface area contributed by atoms with E-state index >= 15 is 0 Å². The third-order valence-electron chi connectivity index (χ3n) is 3.23. The number of nitrogens with one attached hydrogen (secondary N) is 1. The van der Waals surface area contributed by atoms with Gasteiger partial charge in [-0.05, 0) is 31.2 Å². The summed E-state index contributed by atoms with van der Waals surface area (Å²) < 4.78 is 0. The van der Waals surface area contributed by atoms with Crippen molar-refractivity contribution in [1.82, 2.24) is 0 Å². The SMILES string of the molecule is Cc1cccc(NCC2(C)CC2)c1[N+](=O)[O-]. The summed E-state index contributed by atoms with van der Waals surface area (Å²) in [4.78, 5) is 10.6. The lowest BCUT2D eigenvalue weighted by Crippen LogP contribution is -2.13. The van der Waals surface area contributed by atoms with Crippen LogP contribution < -0.4 is 5.32 Å². The molecule has 4 heteroatoms. The molecule has 1 fully saturated rings. The number of nitro benzene ring substituents is 1. The molecular formula is C12H16N2O2. The number of nitro groups is 1. The fourth-order valence-electron chi connectivity index (χ4n) is 1.74. The molecule has 1 aliphatic carbocycles. The monoisotopic (exact) mass is 220 g/mol. The molecule has 0 unspecified atom stereocenters. The third-order valence-corrected chi connectivity index (χ3v) is 3.23. The maximum atomic E-state index is 10.9. The summed E-state index contributed by atoms with van der Waals surface area (Å²) in [6, 6.07) is 5.39. The maximum absolute atomic E-state index is 10.9. The molecule has 0 heterocycles. The highest BCUT2D eigenvalue weighted by Gasteiger charge is 2.37. The topological polar surface area (TPSA) is 55.2 Å². The molecule has 0 aliphatic heterocycles. The van der Waals surface area contributed by atoms with Crippen molar-refractivity contribution in [3.05, 3.63) is 33.9 Å². The van der Waals surface area contributed by atoms with Crippen LogP contribution in [0.25, 0.3) is 0 Å². The van der Waals surface area contributed by atoms with Gasteiger partial charge in [0.1, 0.15) is 5.69 Å². The molecule has 1 aromatic carbocycles. The Kier molecular flexibility index (Phi) is 2.58. The molecule has 0 spiro atoms. The summed E-state index contributed by atoms with van der Waals surface area (Å²) in [6.07, 6.45) is 2.42. The van der Waals surface area contributed by atoms with Crippen molar-refractivity contribution >= 4 is 11.4 Å². The molecule has 1 aliphatic rings. The summed E-state index contributed by atoms with van der Waals surface area (Å²) in [5.74, 6) is 0. The van der Waals surface area contributed by atoms with Gasteiger partial charge in [0.15, 0.2) is 0 Å². The first kappa shape index (κ1) is 10.9. The minimum Gasteiger partial charge on any atom is -0.379 e. The summed E-state index contributed by atoms with van der Waals surface area (Å²) in [5.41, 5.74) is 1.89. The van der Waals surface area contributed by atoms with Crippen LogP contribution in [-0.4, -0.2) is 11.5 Å². The van der Waals surface area contributed by atoms with E-state index < -0.39 is 0 Å². The number of benzene rings is 1. The first-order valence-corrected chi connectivity index (χ1v) is 5.50. The fraction of sp³-hybridized carbons (Fsp3) is 0.500. The van der Waals surface area contributed by atoms with Gasteiger partial charge < -0.3 is 5.32 Å². The quantitative estimate of drug-likeness (QED) is 0.626. The molecule has 0 radical (unpaired) electrons. The zero-order valence-corrected chi connectivity index (χ0v) is 9.62. The second kappa shape index (κ2) is 3.77. The molecule has 0 atom stereocenters. The Balaban J connectivity index is 2.19. The van der Waals surface area contributed by atoms with Crippen molar-refractivity contribution < 1.29 is 4.92 Å². The Morgan fingerprint density at radius 2 is 2.19 bits per heavy atom. The van der Waals surface area contributed by atoms with Gasteiger partial charge >= 0.3 is 0 Å². The Hall–Kier alpha value is -1.58. The number of hydrogen-bond acceptors (Lipinski definition) is 3. The third kappa shape index (κ3) is 2.15. The average Bonchev–Trinajstić information content (AvgIpc) is 2.94. The van der Waals surface area contributed by atoms with Crippen molar-refractivity contribution in [3.63, 3.8) is 0 Å². The molecule has 16 heavy (non-hydrogen) atoms. The highest BCUT2D eigenvalue weighted by Crippen LogP contribution is 2.45. The van der Waals surface area contributed by atoms with E-state index in [-0.39, 0.29) is 10.6 Å². The second-order valence-corrected chi connectivity index (χ2v) is 4.89. The normalized spacial score (nSPS) is 16.9. The Labute approximate surface area is 94.8 Å². The van der Waals surface area contributed by atoms with Crippen LogP contribution in [0.15, 0.2) is 18.2 Å². The lowest BCUT2D eigenvalue weighted by atomic mass is 10.1. The Morgan fingerprint density at radius 3 is 2.75 bits per heavy atom. The molecule has 0 saturated heterocycles. The van der Waals surface area contributed by atoms with Gasteiger partial charge in [-0.2, -0.15) is 0 Å². The molecule has 1 saturated carbocycles. The largest absolute Gasteiger partial charge is 0.379 e. The Morgan fingerprint density at radius 1 is 1.50 bits per heavy atom. The summed E-state index contributed by atoms with van der Waals surface area (Å²) in [5, 5.41) is 14.1. The molecule has 0 aromatic heterocycles. The lowest BCUT2D eigenvalue weighted by Gasteiger charge is -2.12. The van der Waals surface area contributed by atoms with Crippen molar-refractivity contribution in [2.45, 2.75) is 26.7 Å². The van der Waals surface area contributed by atoms with E-state index in [1.165, 1.54) is 12.8 Å². The minimum absolute atomic E-state index is 0.201. The molecule has 2 rings (SSSR count). The molecule has 0 amide bonds. The van der Waals surface area contributed by atoms with Gasteiger partial charge in [0, 0.05) is 12.1 Å². The van der Waals surface area contributed by atoms with E-state index in [2.05, 4.69) is 12.2 Å². The van der Waals surface area contributed by atoms with E-state index in [1.807, 2.05) is 6.07 Å². The van der Waals surface area contributed by atoms with Gasteiger partial charge in [-0.15, -0.1) is 0 Å². The van der Waals surface area contributed by atoms with Crippen molar-refractivity contribution in [3.8, 4) is 0 Å². The zero-order valence-electron chi connectivity index (χ0n) is 9.62. The summed E-state index contributed by atoms with van der Waals surface area (Å²) in [6.45, 7) is 4.78. The minimum atomic E-state index is -0.313. The number of para-hydroxylation sites is 1. The van der Waals surface area contributed by atoms with Crippen LogP contribution in [0.5, 0.6) is 0 Å². The van der Waals surface area contributed by atoms with E-state index in [0.717, 1.165) is 6.54 Å². The van der Waals surface area contributed by atoms with Crippen LogP contribution in [-0.2, 0) is 0 Å². The van der Waals surface area contributed by atoms with Gasteiger partial charge in [0.05, 0.1) is 4.92 Å². The van der Waals surface area contributed by atoms with Gasteiger partial charge in [-0.25, -0.2) is 0 Å². The fourth-order valence-corrected chi connectivity index (χ4v) is 1.74. The van der Waals surface area contributed by atoms with Crippen molar-refractivity contribution in [2.75, 3.05) is 11.9 Å². The van der Waals surface area contributed by atoms with Crippen LogP contribution >= 0.6 is 0 Å². The Bertz CT molecular complexity index is 425. The van der Waals surface area contributed by atoms with Crippen molar-refractivity contribution in [1.29, 1.82) is 0 Å². The number of anilines is 1. The van der Waals surface area contributed by atoms with Crippen LogP contribution in [0.3, 0.4) is 0 Å². The number of hydrogen-bond donors (Lipinski definition) is 1. The first-order chi connectivity index (χ1) is 7.52. The average molecular weight is 220 g/mol. The van der Waals surface area contributed by atoms with Crippen LogP contribution in [0.2, 0.25) is 0 Å². The highest BCUT2D eigenvalue weighted by molar-refractivity contribution is 5.65. The molecule has 0 bridgehead atoms. The maximum Gasteiger partial charge on any atom is 0.295 e. The van der Waals surface area contributed by atoms with E-state index in [0.29, 0.717) is 16.7 Å². The van der Waals surface area contributed by atoms with E-state index in [9.17, 15) is 10.1 Å². The molecule has 86 valence electrons. The van der Waals surface area contributed by atoms with E-state index in [1.54, 1.807) is 19.1 Å². The molecule has 1 N–H and O–H groups in total. The molecular weight excluding hydrogens is 204 g/mol. The summed E-state index contributed by atoms with van der Waals surface area (Å²) in [7, 11) is 0. The zero-order chi connectivity index (χ0) is 11.8. The van der Waals surface area contributed by atoms with Crippen LogP contribution in [0.1, 0.15) is 25.3 Å². The van der Waals surface area contributed by atoms with Crippen molar-refractivity contribution in [2.24, 2.45) is 5.41 Å². The predicted octanol–water partition coefficient (Wildman–Crippen LogP) is 3.12. The lowest BCUT2D eigenvalue weighted by molar-refractivity contribution is -0.384. The first-order valence-electron chi connectivity index (χ1n) is 5.50. The van der Waals surface area contributed by atoms with Gasteiger partial charge in [0.25, 0.3) is 5.69 Å². The van der Waals surface area contributed by atoms with Gasteiger partial charge in [-0.1, -0.05) is 19.1 Å². The second-order valence-electron chi connectivity index (χ2n) is 4.89. The van der Waals surface area contributed by atoms with Gasteiger partial charge in [0.2, 0.25) is 0 Å². The van der Waals surface area contributed by atoms with Gasteiger partial charge in [-0.3, -0.25) is 10.1 Å². The standard InChI is InChI=1S/C12H16N2O2/c1-9-4-3-5-10(11(9)14(15)16)13-8-12(2)6-7-12/h3-5,13H,6-8H2,1-2H3. The molecule has 4 nitrogen and oxygen atoms in total. The number of nitrogens with zero attached hydrogens (tertiary/aromatic N) is 1. The van der Waals surface area contributed by atoms with E-state index in [4.69, 9.17) is 0 Å². The number of rotatable bonds is 4. The predicted molar refractivity (Wildman–Crippen MR) is 63.7 cm³/mol. The highest BCUT2D eigenvalue weighted by atomic mass is 16.6. The number of aryl methyl sites for hydroxylation is 1. The van der Waals surface area contributed by atoms with Crippen LogP contribution in [0.4, 0.5) is 11.4 Å². The van der Waals surface area contributed by atoms with Crippen LogP contribution in [0, 0.1) is 22.5 Å². The molecule has 1 aromatic rings. The summed E-state index contributed by atoms with van der Waals surface area (Å²) >= 11 is 0. The smallest absolute Gasteiger partial charge is 0.295 e.